The lowest BCUT2D eigenvalue weighted by Gasteiger charge is -2.37. The highest BCUT2D eigenvalue weighted by atomic mass is 15.2. The van der Waals surface area contributed by atoms with E-state index in [1.54, 1.807) is 7.05 Å². The van der Waals surface area contributed by atoms with Crippen molar-refractivity contribution in [2.24, 2.45) is 11.5 Å². The molecule has 16 heavy (non-hydrogen) atoms. The van der Waals surface area contributed by atoms with Gasteiger partial charge in [-0.2, -0.15) is 4.98 Å². The first-order valence-corrected chi connectivity index (χ1v) is 5.58. The van der Waals surface area contributed by atoms with Crippen LogP contribution in [0.25, 0.3) is 0 Å². The summed E-state index contributed by atoms with van der Waals surface area (Å²) in [5.74, 6) is 1.13. The van der Waals surface area contributed by atoms with Gasteiger partial charge in [0, 0.05) is 13.1 Å². The van der Waals surface area contributed by atoms with Crippen LogP contribution in [0.5, 0.6) is 0 Å². The van der Waals surface area contributed by atoms with Crippen LogP contribution in [0.4, 0.5) is 5.95 Å². The van der Waals surface area contributed by atoms with Crippen molar-refractivity contribution < 1.29 is 0 Å². The SMILES string of the molecule is CNc1ncnc(C2(N)CCCCC2N)n1. The summed E-state index contributed by atoms with van der Waals surface area (Å²) in [7, 11) is 1.77. The molecular formula is C10H18N6. The molecule has 0 bridgehead atoms. The van der Waals surface area contributed by atoms with Crippen LogP contribution >= 0.6 is 0 Å². The Morgan fingerprint density at radius 2 is 2.25 bits per heavy atom. The van der Waals surface area contributed by atoms with Crippen molar-refractivity contribution in [3.8, 4) is 0 Å². The standard InChI is InChI=1S/C10H18N6/c1-13-9-15-6-14-8(16-9)10(12)5-3-2-4-7(10)11/h6-7H,2-5,11-12H2,1H3,(H,13,14,15,16). The van der Waals surface area contributed by atoms with Crippen molar-refractivity contribution in [2.75, 3.05) is 12.4 Å². The lowest BCUT2D eigenvalue weighted by Crippen LogP contribution is -2.55. The molecule has 2 atom stereocenters. The molecule has 0 aliphatic heterocycles. The average molecular weight is 222 g/mol. The first-order valence-electron chi connectivity index (χ1n) is 5.58. The predicted molar refractivity (Wildman–Crippen MR) is 61.7 cm³/mol. The van der Waals surface area contributed by atoms with Crippen LogP contribution in [0.1, 0.15) is 31.5 Å². The summed E-state index contributed by atoms with van der Waals surface area (Å²) in [6.07, 6.45) is 5.44. The van der Waals surface area contributed by atoms with Gasteiger partial charge in [0.2, 0.25) is 5.95 Å². The molecule has 5 N–H and O–H groups in total. The van der Waals surface area contributed by atoms with Crippen molar-refractivity contribution in [1.29, 1.82) is 0 Å². The molecule has 1 heterocycles. The van der Waals surface area contributed by atoms with Gasteiger partial charge in [-0.25, -0.2) is 9.97 Å². The minimum absolute atomic E-state index is 0.0756. The molecular weight excluding hydrogens is 204 g/mol. The van der Waals surface area contributed by atoms with Crippen LogP contribution in [0.3, 0.4) is 0 Å². The molecule has 1 aliphatic rings. The van der Waals surface area contributed by atoms with E-state index in [-0.39, 0.29) is 6.04 Å². The van der Waals surface area contributed by atoms with Gasteiger partial charge in [0.05, 0.1) is 5.54 Å². The quantitative estimate of drug-likeness (QED) is 0.649. The molecule has 2 rings (SSSR count). The number of anilines is 1. The Labute approximate surface area is 94.9 Å². The molecule has 0 spiro atoms. The number of hydrogen-bond acceptors (Lipinski definition) is 6. The van der Waals surface area contributed by atoms with Crippen LogP contribution in [0.2, 0.25) is 0 Å². The third kappa shape index (κ3) is 1.85. The Morgan fingerprint density at radius 3 is 2.94 bits per heavy atom. The van der Waals surface area contributed by atoms with Crippen LogP contribution in [-0.4, -0.2) is 28.0 Å². The first-order chi connectivity index (χ1) is 7.66. The summed E-state index contributed by atoms with van der Waals surface area (Å²) in [6, 6.07) is -0.0756. The van der Waals surface area contributed by atoms with Gasteiger partial charge in [0.25, 0.3) is 0 Å². The van der Waals surface area contributed by atoms with E-state index in [9.17, 15) is 0 Å². The molecule has 1 aromatic heterocycles. The predicted octanol–water partition coefficient (Wildman–Crippen LogP) is -0.0314. The van der Waals surface area contributed by atoms with Crippen molar-refractivity contribution in [1.82, 2.24) is 15.0 Å². The fourth-order valence-corrected chi connectivity index (χ4v) is 2.14. The Balaban J connectivity index is 2.33. The van der Waals surface area contributed by atoms with E-state index in [0.29, 0.717) is 11.8 Å². The Hall–Kier alpha value is -1.27. The molecule has 88 valence electrons. The number of nitrogens with zero attached hydrogens (tertiary/aromatic N) is 3. The van der Waals surface area contributed by atoms with E-state index in [1.807, 2.05) is 0 Å². The molecule has 0 saturated heterocycles. The molecule has 1 aliphatic carbocycles. The van der Waals surface area contributed by atoms with Gasteiger partial charge in [-0.3, -0.25) is 0 Å². The topological polar surface area (TPSA) is 103 Å². The summed E-state index contributed by atoms with van der Waals surface area (Å²) in [5, 5.41) is 2.88. The largest absolute Gasteiger partial charge is 0.357 e. The summed E-state index contributed by atoms with van der Waals surface area (Å²) in [6.45, 7) is 0. The van der Waals surface area contributed by atoms with Crippen LogP contribution in [-0.2, 0) is 5.54 Å². The summed E-state index contributed by atoms with van der Waals surface area (Å²) >= 11 is 0. The minimum Gasteiger partial charge on any atom is -0.357 e. The zero-order valence-corrected chi connectivity index (χ0v) is 9.48. The third-order valence-electron chi connectivity index (χ3n) is 3.23. The maximum atomic E-state index is 6.34. The second kappa shape index (κ2) is 4.31. The van der Waals surface area contributed by atoms with Crippen LogP contribution < -0.4 is 16.8 Å². The number of hydrogen-bond donors (Lipinski definition) is 3. The Kier molecular flexibility index (Phi) is 3.02. The molecule has 0 amide bonds. The summed E-state index contributed by atoms with van der Waals surface area (Å²) in [4.78, 5) is 12.4. The molecule has 1 saturated carbocycles. The van der Waals surface area contributed by atoms with Crippen LogP contribution in [0.15, 0.2) is 6.33 Å². The first kappa shape index (κ1) is 11.2. The Bertz CT molecular complexity index is 368. The smallest absolute Gasteiger partial charge is 0.225 e. The number of aromatic nitrogens is 3. The van der Waals surface area contributed by atoms with Gasteiger partial charge in [-0.1, -0.05) is 12.8 Å². The second-order valence-corrected chi connectivity index (χ2v) is 4.28. The highest BCUT2D eigenvalue weighted by Crippen LogP contribution is 2.31. The van der Waals surface area contributed by atoms with Crippen LogP contribution in [0, 0.1) is 0 Å². The summed E-state index contributed by atoms with van der Waals surface area (Å²) in [5.41, 5.74) is 11.8. The fraction of sp³-hybridized carbons (Fsp3) is 0.700. The van der Waals surface area contributed by atoms with Gasteiger partial charge in [0.15, 0.2) is 5.82 Å². The molecule has 6 nitrogen and oxygen atoms in total. The van der Waals surface area contributed by atoms with E-state index in [1.165, 1.54) is 6.33 Å². The number of nitrogens with two attached hydrogens (primary N) is 2. The number of rotatable bonds is 2. The van der Waals surface area contributed by atoms with Gasteiger partial charge in [-0.15, -0.1) is 0 Å². The normalized spacial score (nSPS) is 30.1. The molecule has 6 heteroatoms. The van der Waals surface area contributed by atoms with Gasteiger partial charge in [0.1, 0.15) is 6.33 Å². The highest BCUT2D eigenvalue weighted by molar-refractivity contribution is 5.24. The van der Waals surface area contributed by atoms with Crippen molar-refractivity contribution >= 4 is 5.95 Å². The maximum absolute atomic E-state index is 6.34. The zero-order valence-electron chi connectivity index (χ0n) is 9.48. The van der Waals surface area contributed by atoms with Gasteiger partial charge in [-0.05, 0) is 12.8 Å². The second-order valence-electron chi connectivity index (χ2n) is 4.28. The molecule has 1 aromatic rings. The maximum Gasteiger partial charge on any atom is 0.225 e. The summed E-state index contributed by atoms with van der Waals surface area (Å²) < 4.78 is 0. The van der Waals surface area contributed by atoms with E-state index >= 15 is 0 Å². The molecule has 0 radical (unpaired) electrons. The molecule has 0 aromatic carbocycles. The molecule has 1 fully saturated rings. The van der Waals surface area contributed by atoms with Crippen molar-refractivity contribution in [2.45, 2.75) is 37.3 Å². The Morgan fingerprint density at radius 1 is 1.44 bits per heavy atom. The van der Waals surface area contributed by atoms with E-state index < -0.39 is 5.54 Å². The third-order valence-corrected chi connectivity index (χ3v) is 3.23. The lowest BCUT2D eigenvalue weighted by molar-refractivity contribution is 0.243. The van der Waals surface area contributed by atoms with Gasteiger partial charge < -0.3 is 16.8 Å². The van der Waals surface area contributed by atoms with Crippen molar-refractivity contribution in [3.63, 3.8) is 0 Å². The van der Waals surface area contributed by atoms with Crippen molar-refractivity contribution in [3.05, 3.63) is 12.2 Å². The van der Waals surface area contributed by atoms with E-state index in [2.05, 4.69) is 20.3 Å². The van der Waals surface area contributed by atoms with E-state index in [4.69, 9.17) is 11.5 Å². The highest BCUT2D eigenvalue weighted by Gasteiger charge is 2.39. The lowest BCUT2D eigenvalue weighted by atomic mass is 9.78. The average Bonchev–Trinajstić information content (AvgIpc) is 2.33. The zero-order chi connectivity index (χ0) is 11.6. The monoisotopic (exact) mass is 222 g/mol. The molecule has 2 unspecified atom stereocenters. The van der Waals surface area contributed by atoms with Gasteiger partial charge >= 0.3 is 0 Å². The number of nitrogens with one attached hydrogen (secondary N) is 1. The fourth-order valence-electron chi connectivity index (χ4n) is 2.14. The van der Waals surface area contributed by atoms with E-state index in [0.717, 1.165) is 25.7 Å². The minimum atomic E-state index is -0.604.